The summed E-state index contributed by atoms with van der Waals surface area (Å²) in [4.78, 5) is 12.1. The largest absolute Gasteiger partial charge is 0.352 e. The zero-order valence-corrected chi connectivity index (χ0v) is 17.5. The summed E-state index contributed by atoms with van der Waals surface area (Å²) < 4.78 is 25.6. The Labute approximate surface area is 167 Å². The molecule has 3 heterocycles. The van der Waals surface area contributed by atoms with E-state index in [0.29, 0.717) is 13.1 Å². The molecule has 0 radical (unpaired) electrons. The predicted octanol–water partition coefficient (Wildman–Crippen LogP) is 2.88. The lowest BCUT2D eigenvalue weighted by atomic mass is 9.97. The van der Waals surface area contributed by atoms with Crippen molar-refractivity contribution in [3.8, 4) is 0 Å². The molecule has 0 spiro atoms. The molecule has 1 aromatic carbocycles. The van der Waals surface area contributed by atoms with Crippen LogP contribution in [-0.4, -0.2) is 48.6 Å². The molecular weight excluding hydrogens is 372 g/mol. The molecule has 28 heavy (non-hydrogen) atoms. The van der Waals surface area contributed by atoms with Gasteiger partial charge in [0.2, 0.25) is 10.0 Å². The maximum Gasteiger partial charge on any atom is 0.211 e. The van der Waals surface area contributed by atoms with Crippen molar-refractivity contribution < 1.29 is 8.42 Å². The monoisotopic (exact) mass is 400 g/mol. The standard InChI is InChI=1S/C21H28N4O2S/c1-16-19-11-7-12-24(14-17-8-4-3-5-9-17)21(19)23-20(22-16)18-10-6-13-25(15-18)28(2,26)27/h3-5,8-9,18H,6-7,10-15H2,1-2H3/t18-/m0/s1. The molecule has 2 aliphatic heterocycles. The molecule has 0 unspecified atom stereocenters. The SMILES string of the molecule is Cc1nc([C@H]2CCCN(S(C)(=O)=O)C2)nc2c1CCCN2Cc1ccccc1. The zero-order chi connectivity index (χ0) is 19.7. The van der Waals surface area contributed by atoms with E-state index in [-0.39, 0.29) is 5.92 Å². The van der Waals surface area contributed by atoms with Crippen molar-refractivity contribution in [1.29, 1.82) is 0 Å². The van der Waals surface area contributed by atoms with Crippen molar-refractivity contribution in [2.75, 3.05) is 30.8 Å². The van der Waals surface area contributed by atoms with Crippen LogP contribution in [0.4, 0.5) is 5.82 Å². The van der Waals surface area contributed by atoms with E-state index in [4.69, 9.17) is 9.97 Å². The van der Waals surface area contributed by atoms with Gasteiger partial charge in [0.15, 0.2) is 0 Å². The van der Waals surface area contributed by atoms with Crippen LogP contribution in [0.25, 0.3) is 0 Å². The highest BCUT2D eigenvalue weighted by atomic mass is 32.2. The van der Waals surface area contributed by atoms with Gasteiger partial charge in [0, 0.05) is 43.4 Å². The van der Waals surface area contributed by atoms with Crippen LogP contribution >= 0.6 is 0 Å². The van der Waals surface area contributed by atoms with Gasteiger partial charge in [-0.15, -0.1) is 0 Å². The summed E-state index contributed by atoms with van der Waals surface area (Å²) in [6.45, 7) is 4.96. The van der Waals surface area contributed by atoms with Gasteiger partial charge in [0.25, 0.3) is 0 Å². The zero-order valence-electron chi connectivity index (χ0n) is 16.6. The predicted molar refractivity (Wildman–Crippen MR) is 111 cm³/mol. The number of fused-ring (bicyclic) bond motifs is 1. The average Bonchev–Trinajstić information content (AvgIpc) is 2.69. The molecular formula is C21H28N4O2S. The Morgan fingerprint density at radius 3 is 2.64 bits per heavy atom. The summed E-state index contributed by atoms with van der Waals surface area (Å²) >= 11 is 0. The maximum absolute atomic E-state index is 12.0. The fourth-order valence-corrected chi connectivity index (χ4v) is 5.22. The summed E-state index contributed by atoms with van der Waals surface area (Å²) in [5.41, 5.74) is 3.55. The third kappa shape index (κ3) is 4.05. The van der Waals surface area contributed by atoms with Crippen LogP contribution < -0.4 is 4.90 Å². The molecule has 1 fully saturated rings. The summed E-state index contributed by atoms with van der Waals surface area (Å²) in [6.07, 6.45) is 5.19. The highest BCUT2D eigenvalue weighted by Gasteiger charge is 2.30. The molecule has 2 aromatic rings. The molecule has 0 amide bonds. The Bertz CT molecular complexity index is 946. The smallest absolute Gasteiger partial charge is 0.211 e. The quantitative estimate of drug-likeness (QED) is 0.790. The van der Waals surface area contributed by atoms with Crippen LogP contribution in [0.2, 0.25) is 0 Å². The maximum atomic E-state index is 12.0. The Hall–Kier alpha value is -1.99. The van der Waals surface area contributed by atoms with Gasteiger partial charge in [-0.3, -0.25) is 0 Å². The van der Waals surface area contributed by atoms with Crippen molar-refractivity contribution >= 4 is 15.8 Å². The van der Waals surface area contributed by atoms with E-state index in [9.17, 15) is 8.42 Å². The number of hydrogen-bond donors (Lipinski definition) is 0. The van der Waals surface area contributed by atoms with Crippen LogP contribution in [-0.2, 0) is 23.0 Å². The fourth-order valence-electron chi connectivity index (χ4n) is 4.30. The van der Waals surface area contributed by atoms with Crippen LogP contribution in [0.15, 0.2) is 30.3 Å². The molecule has 0 saturated carbocycles. The molecule has 0 bridgehead atoms. The van der Waals surface area contributed by atoms with Crippen LogP contribution in [0.5, 0.6) is 0 Å². The van der Waals surface area contributed by atoms with Gasteiger partial charge in [-0.1, -0.05) is 30.3 Å². The van der Waals surface area contributed by atoms with Crippen molar-refractivity contribution in [1.82, 2.24) is 14.3 Å². The summed E-state index contributed by atoms with van der Waals surface area (Å²) in [5.74, 6) is 1.90. The minimum absolute atomic E-state index is 0.0629. The van der Waals surface area contributed by atoms with Crippen molar-refractivity contribution in [3.05, 3.63) is 53.0 Å². The van der Waals surface area contributed by atoms with E-state index in [0.717, 1.165) is 56.1 Å². The van der Waals surface area contributed by atoms with Crippen LogP contribution in [0.3, 0.4) is 0 Å². The number of rotatable bonds is 4. The molecule has 0 N–H and O–H groups in total. The highest BCUT2D eigenvalue weighted by Crippen LogP contribution is 2.32. The second kappa shape index (κ2) is 7.79. The van der Waals surface area contributed by atoms with Crippen molar-refractivity contribution in [3.63, 3.8) is 0 Å². The number of piperidine rings is 1. The van der Waals surface area contributed by atoms with E-state index < -0.39 is 10.0 Å². The number of anilines is 1. The van der Waals surface area contributed by atoms with Gasteiger partial charge in [-0.25, -0.2) is 22.7 Å². The fraction of sp³-hybridized carbons (Fsp3) is 0.524. The lowest BCUT2D eigenvalue weighted by Gasteiger charge is -2.34. The first kappa shape index (κ1) is 19.3. The molecule has 1 saturated heterocycles. The van der Waals surface area contributed by atoms with Gasteiger partial charge in [0.05, 0.1) is 6.26 Å². The van der Waals surface area contributed by atoms with Crippen LogP contribution in [0.1, 0.15) is 47.8 Å². The highest BCUT2D eigenvalue weighted by molar-refractivity contribution is 7.88. The second-order valence-electron chi connectivity index (χ2n) is 7.94. The van der Waals surface area contributed by atoms with E-state index in [1.807, 2.05) is 6.07 Å². The first-order valence-corrected chi connectivity index (χ1v) is 11.9. The van der Waals surface area contributed by atoms with Gasteiger partial charge in [-0.05, 0) is 38.2 Å². The molecule has 7 heteroatoms. The number of benzene rings is 1. The first-order chi connectivity index (χ1) is 13.4. The normalized spacial score (nSPS) is 20.8. The molecule has 6 nitrogen and oxygen atoms in total. The Morgan fingerprint density at radius 2 is 1.89 bits per heavy atom. The third-order valence-electron chi connectivity index (χ3n) is 5.80. The minimum Gasteiger partial charge on any atom is -0.352 e. The Morgan fingerprint density at radius 1 is 1.11 bits per heavy atom. The number of nitrogens with zero attached hydrogens (tertiary/aromatic N) is 4. The van der Waals surface area contributed by atoms with Crippen molar-refractivity contribution in [2.45, 2.75) is 45.1 Å². The van der Waals surface area contributed by atoms with E-state index in [1.54, 1.807) is 4.31 Å². The van der Waals surface area contributed by atoms with Crippen molar-refractivity contribution in [2.24, 2.45) is 0 Å². The van der Waals surface area contributed by atoms with Gasteiger partial charge < -0.3 is 4.90 Å². The topological polar surface area (TPSA) is 66.4 Å². The molecule has 1 atom stereocenters. The number of hydrogen-bond acceptors (Lipinski definition) is 5. The molecule has 1 aromatic heterocycles. The summed E-state index contributed by atoms with van der Waals surface area (Å²) in [5, 5.41) is 0. The van der Waals surface area contributed by atoms with E-state index in [1.165, 1.54) is 17.4 Å². The molecule has 150 valence electrons. The summed E-state index contributed by atoms with van der Waals surface area (Å²) in [6, 6.07) is 10.5. The number of aromatic nitrogens is 2. The van der Waals surface area contributed by atoms with E-state index >= 15 is 0 Å². The first-order valence-electron chi connectivity index (χ1n) is 10.0. The Balaban J connectivity index is 1.64. The lowest BCUT2D eigenvalue weighted by molar-refractivity contribution is 0.310. The third-order valence-corrected chi connectivity index (χ3v) is 7.07. The number of aryl methyl sites for hydroxylation is 1. The molecule has 0 aliphatic carbocycles. The lowest BCUT2D eigenvalue weighted by Crippen LogP contribution is -2.39. The second-order valence-corrected chi connectivity index (χ2v) is 9.92. The van der Waals surface area contributed by atoms with Gasteiger partial charge >= 0.3 is 0 Å². The van der Waals surface area contributed by atoms with Gasteiger partial charge in [0.1, 0.15) is 11.6 Å². The summed E-state index contributed by atoms with van der Waals surface area (Å²) in [7, 11) is -3.18. The Kier molecular flexibility index (Phi) is 5.38. The van der Waals surface area contributed by atoms with E-state index in [2.05, 4.69) is 36.1 Å². The molecule has 4 rings (SSSR count). The number of sulfonamides is 1. The van der Waals surface area contributed by atoms with Crippen LogP contribution in [0, 0.1) is 6.92 Å². The van der Waals surface area contributed by atoms with Gasteiger partial charge in [-0.2, -0.15) is 0 Å². The molecule has 2 aliphatic rings. The minimum atomic E-state index is -3.18. The average molecular weight is 401 g/mol.